The fraction of sp³-hybridized carbons (Fsp3) is 0.625. The molecule has 1 aromatic rings. The second-order valence-electron chi connectivity index (χ2n) is 10.3. The summed E-state index contributed by atoms with van der Waals surface area (Å²) in [5.41, 5.74) is 1.57. The van der Waals surface area contributed by atoms with E-state index in [0.29, 0.717) is 12.1 Å². The Bertz CT molecular complexity index is 808. The summed E-state index contributed by atoms with van der Waals surface area (Å²) in [7, 11) is 0. The first-order chi connectivity index (χ1) is 14.5. The quantitative estimate of drug-likeness (QED) is 0.642. The molecule has 30 heavy (non-hydrogen) atoms. The summed E-state index contributed by atoms with van der Waals surface area (Å²) >= 11 is 0. The SMILES string of the molecule is O=C(CC12CC3CC(CC(C3)C1)C2)NCC(=O)Nc1ccc(NC(=O)C2CC2)cc1. The number of amides is 3. The van der Waals surface area contributed by atoms with Gasteiger partial charge in [0.25, 0.3) is 0 Å². The van der Waals surface area contributed by atoms with E-state index in [1.54, 1.807) is 24.3 Å². The van der Waals surface area contributed by atoms with Crippen LogP contribution in [0.5, 0.6) is 0 Å². The molecule has 5 aliphatic rings. The third-order valence-corrected chi connectivity index (χ3v) is 7.53. The molecule has 6 nitrogen and oxygen atoms in total. The molecule has 4 bridgehead atoms. The van der Waals surface area contributed by atoms with Crippen LogP contribution < -0.4 is 16.0 Å². The van der Waals surface area contributed by atoms with Crippen LogP contribution in [-0.2, 0) is 14.4 Å². The van der Waals surface area contributed by atoms with Crippen LogP contribution in [0.1, 0.15) is 57.8 Å². The lowest BCUT2D eigenvalue weighted by Gasteiger charge is -2.56. The van der Waals surface area contributed by atoms with Gasteiger partial charge >= 0.3 is 0 Å². The number of anilines is 2. The predicted octanol–water partition coefficient (Wildman–Crippen LogP) is 3.70. The van der Waals surface area contributed by atoms with Crippen molar-refractivity contribution in [2.45, 2.75) is 57.8 Å². The average molecular weight is 410 g/mol. The minimum Gasteiger partial charge on any atom is -0.347 e. The highest BCUT2D eigenvalue weighted by Crippen LogP contribution is 2.61. The fourth-order valence-corrected chi connectivity index (χ4v) is 6.52. The molecular formula is C24H31N3O3. The molecule has 1 aromatic carbocycles. The van der Waals surface area contributed by atoms with Gasteiger partial charge in [-0.2, -0.15) is 0 Å². The van der Waals surface area contributed by atoms with Gasteiger partial charge in [-0.15, -0.1) is 0 Å². The van der Waals surface area contributed by atoms with Gasteiger partial charge in [0.05, 0.1) is 6.54 Å². The van der Waals surface area contributed by atoms with Crippen molar-refractivity contribution < 1.29 is 14.4 Å². The molecule has 0 unspecified atom stereocenters. The summed E-state index contributed by atoms with van der Waals surface area (Å²) in [6.45, 7) is -0.00857. The lowest BCUT2D eigenvalue weighted by Crippen LogP contribution is -2.48. The second kappa shape index (κ2) is 7.71. The molecule has 5 fully saturated rings. The van der Waals surface area contributed by atoms with Gasteiger partial charge in [0.15, 0.2) is 0 Å². The molecule has 0 atom stereocenters. The lowest BCUT2D eigenvalue weighted by molar-refractivity contribution is -0.131. The summed E-state index contributed by atoms with van der Waals surface area (Å²) in [4.78, 5) is 36.6. The summed E-state index contributed by atoms with van der Waals surface area (Å²) in [5, 5.41) is 8.51. The molecule has 0 saturated heterocycles. The second-order valence-corrected chi connectivity index (χ2v) is 10.3. The van der Waals surface area contributed by atoms with E-state index < -0.39 is 0 Å². The minimum atomic E-state index is -0.233. The normalized spacial score (nSPS) is 31.3. The van der Waals surface area contributed by atoms with Crippen LogP contribution in [0.4, 0.5) is 11.4 Å². The van der Waals surface area contributed by atoms with Gasteiger partial charge in [0.1, 0.15) is 0 Å². The van der Waals surface area contributed by atoms with Crippen molar-refractivity contribution in [2.75, 3.05) is 17.2 Å². The van der Waals surface area contributed by atoms with Crippen LogP contribution in [0.3, 0.4) is 0 Å². The molecule has 160 valence electrons. The standard InChI is InChI=1S/C24H31N3O3/c28-21(13-24-10-15-7-16(11-24)9-17(8-15)12-24)25-14-22(29)26-19-3-5-20(6-4-19)27-23(30)18-1-2-18/h3-6,15-18H,1-2,7-14H2,(H,25,28)(H,26,29)(H,27,30). The molecule has 5 aliphatic carbocycles. The van der Waals surface area contributed by atoms with Gasteiger partial charge in [0.2, 0.25) is 17.7 Å². The van der Waals surface area contributed by atoms with Gasteiger partial charge in [0, 0.05) is 23.7 Å². The van der Waals surface area contributed by atoms with Crippen molar-refractivity contribution in [3.05, 3.63) is 24.3 Å². The van der Waals surface area contributed by atoms with Gasteiger partial charge in [-0.1, -0.05) is 0 Å². The highest BCUT2D eigenvalue weighted by molar-refractivity contribution is 5.96. The highest BCUT2D eigenvalue weighted by Gasteiger charge is 2.51. The molecule has 5 saturated carbocycles. The van der Waals surface area contributed by atoms with E-state index >= 15 is 0 Å². The van der Waals surface area contributed by atoms with Gasteiger partial charge in [-0.05, 0) is 98.8 Å². The molecule has 0 aromatic heterocycles. The minimum absolute atomic E-state index is 0.00485. The van der Waals surface area contributed by atoms with Crippen molar-refractivity contribution in [2.24, 2.45) is 29.1 Å². The van der Waals surface area contributed by atoms with Crippen LogP contribution in [-0.4, -0.2) is 24.3 Å². The van der Waals surface area contributed by atoms with E-state index in [1.165, 1.54) is 38.5 Å². The van der Waals surface area contributed by atoms with Gasteiger partial charge in [-0.25, -0.2) is 0 Å². The van der Waals surface area contributed by atoms with Crippen LogP contribution in [0.25, 0.3) is 0 Å². The van der Waals surface area contributed by atoms with Crippen LogP contribution in [0.2, 0.25) is 0 Å². The van der Waals surface area contributed by atoms with Crippen molar-refractivity contribution in [3.63, 3.8) is 0 Å². The number of hydrogen-bond donors (Lipinski definition) is 3. The number of carbonyl (C=O) groups is 3. The highest BCUT2D eigenvalue weighted by atomic mass is 16.2. The smallest absolute Gasteiger partial charge is 0.243 e. The van der Waals surface area contributed by atoms with Gasteiger partial charge < -0.3 is 16.0 Å². The molecule has 3 N–H and O–H groups in total. The summed E-state index contributed by atoms with van der Waals surface area (Å²) in [5.74, 6) is 2.46. The van der Waals surface area contributed by atoms with Crippen molar-refractivity contribution in [3.8, 4) is 0 Å². The lowest BCUT2D eigenvalue weighted by atomic mass is 9.49. The molecule has 3 amide bonds. The zero-order chi connectivity index (χ0) is 20.7. The van der Waals surface area contributed by atoms with E-state index in [0.717, 1.165) is 36.3 Å². The average Bonchev–Trinajstić information content (AvgIpc) is 3.52. The Morgan fingerprint density at radius 2 is 1.33 bits per heavy atom. The summed E-state index contributed by atoms with van der Waals surface area (Å²) in [6.07, 6.45) is 10.2. The number of nitrogens with one attached hydrogen (secondary N) is 3. The van der Waals surface area contributed by atoms with E-state index in [9.17, 15) is 14.4 Å². The Labute approximate surface area is 177 Å². The zero-order valence-electron chi connectivity index (χ0n) is 17.4. The Morgan fingerprint density at radius 1 is 0.800 bits per heavy atom. The number of benzene rings is 1. The van der Waals surface area contributed by atoms with Crippen LogP contribution in [0.15, 0.2) is 24.3 Å². The van der Waals surface area contributed by atoms with E-state index in [2.05, 4.69) is 16.0 Å². The van der Waals surface area contributed by atoms with Crippen molar-refractivity contribution >= 4 is 29.1 Å². The first-order valence-corrected chi connectivity index (χ1v) is 11.4. The number of rotatable bonds is 7. The van der Waals surface area contributed by atoms with Crippen LogP contribution in [0, 0.1) is 29.1 Å². The zero-order valence-corrected chi connectivity index (χ0v) is 17.4. The first-order valence-electron chi connectivity index (χ1n) is 11.4. The Kier molecular flexibility index (Phi) is 5.03. The largest absolute Gasteiger partial charge is 0.347 e. The molecule has 6 heteroatoms. The van der Waals surface area contributed by atoms with Crippen LogP contribution >= 0.6 is 0 Å². The molecular weight excluding hydrogens is 378 g/mol. The molecule has 0 aliphatic heterocycles. The maximum atomic E-state index is 12.6. The Morgan fingerprint density at radius 3 is 1.87 bits per heavy atom. The molecule has 6 rings (SSSR count). The third kappa shape index (κ3) is 4.37. The molecule has 0 heterocycles. The first kappa shape index (κ1) is 19.6. The van der Waals surface area contributed by atoms with Crippen molar-refractivity contribution in [1.29, 1.82) is 0 Å². The number of carbonyl (C=O) groups excluding carboxylic acids is 3. The summed E-state index contributed by atoms with van der Waals surface area (Å²) < 4.78 is 0. The maximum absolute atomic E-state index is 12.6. The van der Waals surface area contributed by atoms with E-state index in [4.69, 9.17) is 0 Å². The predicted molar refractivity (Wildman–Crippen MR) is 115 cm³/mol. The van der Waals surface area contributed by atoms with E-state index in [1.807, 2.05) is 0 Å². The Balaban J connectivity index is 1.07. The Hall–Kier alpha value is -2.37. The fourth-order valence-electron chi connectivity index (χ4n) is 6.52. The van der Waals surface area contributed by atoms with Gasteiger partial charge in [-0.3, -0.25) is 14.4 Å². The maximum Gasteiger partial charge on any atom is 0.243 e. The molecule has 0 radical (unpaired) electrons. The molecule has 0 spiro atoms. The number of hydrogen-bond acceptors (Lipinski definition) is 3. The summed E-state index contributed by atoms with van der Waals surface area (Å²) in [6, 6.07) is 7.08. The topological polar surface area (TPSA) is 87.3 Å². The van der Waals surface area contributed by atoms with E-state index in [-0.39, 0.29) is 35.6 Å². The van der Waals surface area contributed by atoms with Crippen molar-refractivity contribution in [1.82, 2.24) is 5.32 Å². The monoisotopic (exact) mass is 409 g/mol. The third-order valence-electron chi connectivity index (χ3n) is 7.53.